The zero-order chi connectivity index (χ0) is 38.8. The second-order valence-electron chi connectivity index (χ2n) is 13.4. The molecule has 2 aromatic carbocycles. The Balaban J connectivity index is 1.48. The summed E-state index contributed by atoms with van der Waals surface area (Å²) in [6, 6.07) is 4.93. The summed E-state index contributed by atoms with van der Waals surface area (Å²) in [5.41, 5.74) is -1.17. The van der Waals surface area contributed by atoms with Crippen LogP contribution < -0.4 is 11.1 Å². The highest BCUT2D eigenvalue weighted by Gasteiger charge is 2.63. The summed E-state index contributed by atoms with van der Waals surface area (Å²) < 4.78 is 131. The normalized spacial score (nSPS) is 18.0. The number of alkyl halides is 5. The molecule has 8 nitrogen and oxygen atoms in total. The topological polar surface area (TPSA) is 123 Å². The fraction of sp³-hybridized carbons (Fsp3) is 0.333. The number of rotatable bonds is 8. The number of nitrogens with zero attached hydrogens (tertiary/aromatic N) is 3. The highest BCUT2D eigenvalue weighted by atomic mass is 19.4. The monoisotopic (exact) mass is 749 g/mol. The molecule has 2 amide bonds. The largest absolute Gasteiger partial charge is 0.435 e. The van der Waals surface area contributed by atoms with Gasteiger partial charge in [-0.1, -0.05) is 5.92 Å². The first-order valence-corrected chi connectivity index (χ1v) is 16.0. The minimum atomic E-state index is -5.12. The van der Waals surface area contributed by atoms with E-state index in [-0.39, 0.29) is 40.9 Å². The number of aliphatic hydroxyl groups is 1. The number of aromatic nitrogens is 3. The maximum absolute atomic E-state index is 15.5. The molecule has 2 heterocycles. The maximum Gasteiger partial charge on any atom is 0.435 e. The molecule has 1 saturated carbocycles. The van der Waals surface area contributed by atoms with Crippen LogP contribution in [0.3, 0.4) is 0 Å². The molecule has 2 aliphatic carbocycles. The molecule has 0 spiro atoms. The van der Waals surface area contributed by atoms with Gasteiger partial charge < -0.3 is 16.2 Å². The summed E-state index contributed by atoms with van der Waals surface area (Å²) in [5, 5.41) is 16.0. The molecule has 53 heavy (non-hydrogen) atoms. The first kappa shape index (κ1) is 37.4. The van der Waals surface area contributed by atoms with Crippen molar-refractivity contribution in [2.24, 2.45) is 11.7 Å². The van der Waals surface area contributed by atoms with Crippen LogP contribution in [-0.2, 0) is 29.9 Å². The van der Waals surface area contributed by atoms with Gasteiger partial charge in [0, 0.05) is 23.1 Å². The predicted octanol–water partition coefficient (Wildman–Crippen LogP) is 6.44. The van der Waals surface area contributed by atoms with Gasteiger partial charge in [-0.25, -0.2) is 22.5 Å². The SMILES string of the molecule is CC(C)(O)C#Cc1ccc(-c2cc(F)c(F)c(C(N)=O)c2)c(C(Cc2cc(F)cc(F)c2)NC(=O)Cn2nc(C(F)(F)F)c3c2C(F)(F)C2CCC32)n1. The Morgan fingerprint density at radius 1 is 1.06 bits per heavy atom. The molecular formula is C36H28F9N5O3. The van der Waals surface area contributed by atoms with E-state index in [2.05, 4.69) is 27.2 Å². The van der Waals surface area contributed by atoms with Crippen molar-refractivity contribution in [1.29, 1.82) is 0 Å². The molecule has 4 N–H and O–H groups in total. The van der Waals surface area contributed by atoms with Crippen LogP contribution in [0, 0.1) is 41.0 Å². The molecule has 278 valence electrons. The van der Waals surface area contributed by atoms with Gasteiger partial charge in [0.25, 0.3) is 11.8 Å². The Hall–Kier alpha value is -5.37. The van der Waals surface area contributed by atoms with Crippen LogP contribution in [0.25, 0.3) is 11.1 Å². The average Bonchev–Trinajstić information content (AvgIpc) is 3.45. The molecule has 0 aliphatic heterocycles. The molecule has 3 unspecified atom stereocenters. The molecule has 17 heteroatoms. The molecule has 2 aromatic heterocycles. The Labute approximate surface area is 295 Å². The van der Waals surface area contributed by atoms with Crippen LogP contribution in [-0.4, -0.2) is 37.3 Å². The van der Waals surface area contributed by atoms with Crippen LogP contribution in [0.1, 0.15) is 82.9 Å². The van der Waals surface area contributed by atoms with E-state index in [1.54, 1.807) is 0 Å². The summed E-state index contributed by atoms with van der Waals surface area (Å²) >= 11 is 0. The number of halogens is 9. The highest BCUT2D eigenvalue weighted by molar-refractivity contribution is 5.94. The highest BCUT2D eigenvalue weighted by Crippen LogP contribution is 2.64. The molecule has 6 rings (SSSR count). The van der Waals surface area contributed by atoms with E-state index in [0.717, 1.165) is 18.2 Å². The van der Waals surface area contributed by atoms with Crippen LogP contribution in [0.2, 0.25) is 0 Å². The van der Waals surface area contributed by atoms with Crippen molar-refractivity contribution in [2.75, 3.05) is 0 Å². The zero-order valence-electron chi connectivity index (χ0n) is 27.7. The van der Waals surface area contributed by atoms with Crippen LogP contribution in [0.5, 0.6) is 0 Å². The van der Waals surface area contributed by atoms with Gasteiger partial charge >= 0.3 is 6.18 Å². The van der Waals surface area contributed by atoms with Gasteiger partial charge in [-0.15, -0.1) is 0 Å². The van der Waals surface area contributed by atoms with Gasteiger partial charge in [-0.3, -0.25) is 14.3 Å². The Morgan fingerprint density at radius 3 is 2.32 bits per heavy atom. The molecule has 3 atom stereocenters. The first-order chi connectivity index (χ1) is 24.6. The summed E-state index contributed by atoms with van der Waals surface area (Å²) in [6.45, 7) is 1.55. The van der Waals surface area contributed by atoms with E-state index in [9.17, 15) is 45.4 Å². The van der Waals surface area contributed by atoms with Crippen molar-refractivity contribution in [3.8, 4) is 23.0 Å². The number of carbonyl (C=O) groups excluding carboxylic acids is 2. The summed E-state index contributed by atoms with van der Waals surface area (Å²) in [5.74, 6) is -8.81. The lowest BCUT2D eigenvalue weighted by atomic mass is 9.73. The van der Waals surface area contributed by atoms with Crippen molar-refractivity contribution < 1.29 is 54.2 Å². The van der Waals surface area contributed by atoms with Crippen molar-refractivity contribution in [1.82, 2.24) is 20.1 Å². The summed E-state index contributed by atoms with van der Waals surface area (Å²) in [4.78, 5) is 30.1. The minimum Gasteiger partial charge on any atom is -0.378 e. The summed E-state index contributed by atoms with van der Waals surface area (Å²) in [7, 11) is 0. The van der Waals surface area contributed by atoms with E-state index in [0.29, 0.717) is 16.8 Å². The van der Waals surface area contributed by atoms with Crippen molar-refractivity contribution in [3.05, 3.63) is 105 Å². The molecule has 1 fully saturated rings. The third-order valence-electron chi connectivity index (χ3n) is 9.03. The molecule has 2 aliphatic rings. The lowest BCUT2D eigenvalue weighted by Gasteiger charge is -2.34. The minimum absolute atomic E-state index is 0.0370. The average molecular weight is 750 g/mol. The fourth-order valence-corrected chi connectivity index (χ4v) is 6.71. The standard InChI is InChI=1S/C36H28F9N5O3/c1-34(2,53)8-7-20-3-4-21(17-12-23(33(46)52)29(40)25(39)13-17)30(47-20)26(11-16-9-18(37)14-19(38)10-16)48-27(51)15-50-32-28(31(49-50)36(43,44)45)22-5-6-24(22)35(32,41)42/h3-4,9-10,12-14,22,24,26,53H,5-6,11,15H2,1-2H3,(H2,46,52)(H,48,51). The van der Waals surface area contributed by atoms with Gasteiger partial charge in [-0.2, -0.15) is 27.1 Å². The number of pyridine rings is 1. The quantitative estimate of drug-likeness (QED) is 0.141. The molecule has 0 bridgehead atoms. The smallest absolute Gasteiger partial charge is 0.378 e. The van der Waals surface area contributed by atoms with Gasteiger partial charge in [0.1, 0.15) is 35.2 Å². The van der Waals surface area contributed by atoms with Crippen LogP contribution in [0.15, 0.2) is 42.5 Å². The molecular weight excluding hydrogens is 721 g/mol. The van der Waals surface area contributed by atoms with Crippen molar-refractivity contribution >= 4 is 11.8 Å². The van der Waals surface area contributed by atoms with E-state index >= 15 is 8.78 Å². The van der Waals surface area contributed by atoms with Gasteiger partial charge in [-0.05, 0) is 92.5 Å². The number of carbonyl (C=O) groups is 2. The molecule has 0 saturated heterocycles. The maximum atomic E-state index is 15.5. The van der Waals surface area contributed by atoms with E-state index in [1.807, 2.05) is 0 Å². The number of hydrogen-bond acceptors (Lipinski definition) is 5. The Kier molecular flexibility index (Phi) is 9.34. The molecule has 4 aromatic rings. The first-order valence-electron chi connectivity index (χ1n) is 16.0. The number of nitrogens with two attached hydrogens (primary N) is 1. The van der Waals surface area contributed by atoms with Crippen molar-refractivity contribution in [3.63, 3.8) is 0 Å². The predicted molar refractivity (Wildman–Crippen MR) is 169 cm³/mol. The van der Waals surface area contributed by atoms with Crippen LogP contribution in [0.4, 0.5) is 39.5 Å². The van der Waals surface area contributed by atoms with Crippen molar-refractivity contribution in [2.45, 2.75) is 69.3 Å². The zero-order valence-corrected chi connectivity index (χ0v) is 27.7. The third-order valence-corrected chi connectivity index (χ3v) is 9.03. The Morgan fingerprint density at radius 2 is 1.74 bits per heavy atom. The number of nitrogens with one attached hydrogen (secondary N) is 1. The number of amides is 2. The fourth-order valence-electron chi connectivity index (χ4n) is 6.71. The van der Waals surface area contributed by atoms with Gasteiger partial charge in [0.15, 0.2) is 17.3 Å². The number of fused-ring (bicyclic) bond motifs is 3. The van der Waals surface area contributed by atoms with E-state index in [4.69, 9.17) is 5.73 Å². The number of primary amides is 1. The van der Waals surface area contributed by atoms with E-state index in [1.165, 1.54) is 26.0 Å². The van der Waals surface area contributed by atoms with Crippen LogP contribution >= 0.6 is 0 Å². The van der Waals surface area contributed by atoms with Gasteiger partial charge in [0.05, 0.1) is 17.3 Å². The molecule has 0 radical (unpaired) electrons. The second kappa shape index (κ2) is 13.2. The lowest BCUT2D eigenvalue weighted by Crippen LogP contribution is -2.36. The second-order valence-corrected chi connectivity index (χ2v) is 13.4. The number of hydrogen-bond donors (Lipinski definition) is 3. The van der Waals surface area contributed by atoms with E-state index < -0.39 is 106 Å². The lowest BCUT2D eigenvalue weighted by molar-refractivity contribution is -0.144. The summed E-state index contributed by atoms with van der Waals surface area (Å²) in [6.07, 6.45) is -5.59. The Bertz CT molecular complexity index is 2200. The third kappa shape index (κ3) is 7.32. The van der Waals surface area contributed by atoms with Gasteiger partial charge in [0.2, 0.25) is 5.91 Å². The number of benzene rings is 2.